The van der Waals surface area contributed by atoms with Crippen LogP contribution >= 0.6 is 11.3 Å². The molecule has 114 valence electrons. The average molecular weight is 304 g/mol. The number of para-hydroxylation sites is 1. The first-order valence-electron chi connectivity index (χ1n) is 7.56. The second kappa shape index (κ2) is 7.57. The molecule has 0 spiro atoms. The molecule has 3 nitrogen and oxygen atoms in total. The van der Waals surface area contributed by atoms with Crippen molar-refractivity contribution in [2.24, 2.45) is 0 Å². The van der Waals surface area contributed by atoms with Gasteiger partial charge in [0.1, 0.15) is 5.75 Å². The maximum Gasteiger partial charge on any atom is 0.124 e. The van der Waals surface area contributed by atoms with E-state index in [-0.39, 0.29) is 6.04 Å². The van der Waals surface area contributed by atoms with Crippen molar-refractivity contribution in [1.29, 1.82) is 0 Å². The largest absolute Gasteiger partial charge is 0.493 e. The molecule has 2 aromatic rings. The molecule has 2 rings (SSSR count). The SMILES string of the molecule is CCCOc1ccccc1C(NCC)c1sc(C)nc1C. The molecule has 1 heterocycles. The van der Waals surface area contributed by atoms with Crippen LogP contribution in [0, 0.1) is 13.8 Å². The van der Waals surface area contributed by atoms with Crippen LogP contribution < -0.4 is 10.1 Å². The number of ether oxygens (including phenoxy) is 1. The zero-order valence-electron chi connectivity index (χ0n) is 13.3. The number of benzene rings is 1. The van der Waals surface area contributed by atoms with E-state index < -0.39 is 0 Å². The molecular weight excluding hydrogens is 280 g/mol. The van der Waals surface area contributed by atoms with Crippen molar-refractivity contribution >= 4 is 11.3 Å². The molecule has 0 aliphatic carbocycles. The van der Waals surface area contributed by atoms with Gasteiger partial charge in [0.15, 0.2) is 0 Å². The highest BCUT2D eigenvalue weighted by atomic mass is 32.1. The molecule has 1 aromatic heterocycles. The summed E-state index contributed by atoms with van der Waals surface area (Å²) in [4.78, 5) is 5.85. The third-order valence-electron chi connectivity index (χ3n) is 3.30. The fourth-order valence-electron chi connectivity index (χ4n) is 2.43. The summed E-state index contributed by atoms with van der Waals surface area (Å²) < 4.78 is 5.93. The molecule has 0 fully saturated rings. The van der Waals surface area contributed by atoms with Crippen LogP contribution in [0.1, 0.15) is 47.5 Å². The summed E-state index contributed by atoms with van der Waals surface area (Å²) in [7, 11) is 0. The number of aryl methyl sites for hydroxylation is 2. The van der Waals surface area contributed by atoms with Crippen LogP contribution in [-0.4, -0.2) is 18.1 Å². The van der Waals surface area contributed by atoms with Crippen molar-refractivity contribution in [3.05, 3.63) is 45.4 Å². The molecule has 0 saturated heterocycles. The zero-order chi connectivity index (χ0) is 15.2. The second-order valence-electron chi connectivity index (χ2n) is 5.06. The zero-order valence-corrected chi connectivity index (χ0v) is 14.1. The van der Waals surface area contributed by atoms with Crippen molar-refractivity contribution in [2.75, 3.05) is 13.2 Å². The van der Waals surface area contributed by atoms with E-state index in [9.17, 15) is 0 Å². The number of aromatic nitrogens is 1. The minimum atomic E-state index is 0.147. The quantitative estimate of drug-likeness (QED) is 0.830. The van der Waals surface area contributed by atoms with Gasteiger partial charge < -0.3 is 10.1 Å². The molecular formula is C17H24N2OS. The molecule has 1 N–H and O–H groups in total. The number of rotatable bonds is 7. The summed E-state index contributed by atoms with van der Waals surface area (Å²) in [6, 6.07) is 8.45. The fraction of sp³-hybridized carbons (Fsp3) is 0.471. The first-order valence-corrected chi connectivity index (χ1v) is 8.38. The Bertz CT molecular complexity index is 580. The minimum absolute atomic E-state index is 0.147. The highest BCUT2D eigenvalue weighted by Crippen LogP contribution is 2.34. The summed E-state index contributed by atoms with van der Waals surface area (Å²) in [5.41, 5.74) is 2.30. The Morgan fingerprint density at radius 2 is 2.00 bits per heavy atom. The second-order valence-corrected chi connectivity index (χ2v) is 6.29. The highest BCUT2D eigenvalue weighted by molar-refractivity contribution is 7.11. The lowest BCUT2D eigenvalue weighted by Gasteiger charge is -2.21. The van der Waals surface area contributed by atoms with E-state index in [0.717, 1.165) is 36.0 Å². The van der Waals surface area contributed by atoms with E-state index >= 15 is 0 Å². The predicted molar refractivity (Wildman–Crippen MR) is 89.3 cm³/mol. The van der Waals surface area contributed by atoms with Gasteiger partial charge in [-0.3, -0.25) is 0 Å². The van der Waals surface area contributed by atoms with Gasteiger partial charge in [0.25, 0.3) is 0 Å². The third kappa shape index (κ3) is 3.83. The first kappa shape index (κ1) is 16.0. The number of nitrogens with zero attached hydrogens (tertiary/aromatic N) is 1. The van der Waals surface area contributed by atoms with Gasteiger partial charge >= 0.3 is 0 Å². The van der Waals surface area contributed by atoms with E-state index in [0.29, 0.717) is 0 Å². The van der Waals surface area contributed by atoms with E-state index in [1.807, 2.05) is 6.07 Å². The molecule has 4 heteroatoms. The van der Waals surface area contributed by atoms with Crippen molar-refractivity contribution in [3.8, 4) is 5.75 Å². The van der Waals surface area contributed by atoms with E-state index in [2.05, 4.69) is 56.2 Å². The van der Waals surface area contributed by atoms with Crippen molar-refractivity contribution in [2.45, 2.75) is 40.2 Å². The van der Waals surface area contributed by atoms with Gasteiger partial charge in [-0.25, -0.2) is 4.98 Å². The Kier molecular flexibility index (Phi) is 5.76. The number of nitrogens with one attached hydrogen (secondary N) is 1. The van der Waals surface area contributed by atoms with Crippen molar-refractivity contribution in [3.63, 3.8) is 0 Å². The third-order valence-corrected chi connectivity index (χ3v) is 4.44. The number of hydrogen-bond acceptors (Lipinski definition) is 4. The Morgan fingerprint density at radius 3 is 2.62 bits per heavy atom. The number of thiazole rings is 1. The molecule has 0 bridgehead atoms. The topological polar surface area (TPSA) is 34.1 Å². The molecule has 0 aliphatic heterocycles. The summed E-state index contributed by atoms with van der Waals surface area (Å²) in [5, 5.41) is 4.69. The lowest BCUT2D eigenvalue weighted by molar-refractivity contribution is 0.312. The Labute approximate surface area is 131 Å². The molecule has 0 amide bonds. The van der Waals surface area contributed by atoms with Gasteiger partial charge in [0.05, 0.1) is 23.4 Å². The normalized spacial score (nSPS) is 12.4. The smallest absolute Gasteiger partial charge is 0.124 e. The van der Waals surface area contributed by atoms with E-state index in [1.165, 1.54) is 10.4 Å². The molecule has 0 saturated carbocycles. The summed E-state index contributed by atoms with van der Waals surface area (Å²) in [5.74, 6) is 0.968. The van der Waals surface area contributed by atoms with Gasteiger partial charge in [0, 0.05) is 10.4 Å². The van der Waals surface area contributed by atoms with Gasteiger partial charge in [-0.05, 0) is 32.9 Å². The van der Waals surface area contributed by atoms with Gasteiger partial charge in [-0.1, -0.05) is 32.0 Å². The van der Waals surface area contributed by atoms with E-state index in [4.69, 9.17) is 4.74 Å². The molecule has 0 radical (unpaired) electrons. The molecule has 21 heavy (non-hydrogen) atoms. The van der Waals surface area contributed by atoms with E-state index in [1.54, 1.807) is 11.3 Å². The van der Waals surface area contributed by atoms with Crippen LogP contribution in [0.2, 0.25) is 0 Å². The van der Waals surface area contributed by atoms with Crippen LogP contribution in [0.4, 0.5) is 0 Å². The summed E-state index contributed by atoms with van der Waals surface area (Å²) >= 11 is 1.76. The van der Waals surface area contributed by atoms with Crippen LogP contribution in [-0.2, 0) is 0 Å². The van der Waals surface area contributed by atoms with Crippen LogP contribution in [0.15, 0.2) is 24.3 Å². The standard InChI is InChI=1S/C17H24N2OS/c1-5-11-20-15-10-8-7-9-14(15)16(18-6-2)17-12(3)19-13(4)21-17/h7-10,16,18H,5-6,11H2,1-4H3. The summed E-state index contributed by atoms with van der Waals surface area (Å²) in [6.07, 6.45) is 1.01. The first-order chi connectivity index (χ1) is 10.2. The monoisotopic (exact) mass is 304 g/mol. The van der Waals surface area contributed by atoms with Crippen LogP contribution in [0.25, 0.3) is 0 Å². The lowest BCUT2D eigenvalue weighted by Crippen LogP contribution is -2.22. The molecule has 1 aromatic carbocycles. The van der Waals surface area contributed by atoms with Crippen molar-refractivity contribution < 1.29 is 4.74 Å². The van der Waals surface area contributed by atoms with Gasteiger partial charge in [-0.2, -0.15) is 0 Å². The Hall–Kier alpha value is -1.39. The Morgan fingerprint density at radius 1 is 1.24 bits per heavy atom. The lowest BCUT2D eigenvalue weighted by atomic mass is 10.0. The maximum absolute atomic E-state index is 5.93. The van der Waals surface area contributed by atoms with Gasteiger partial charge in [-0.15, -0.1) is 11.3 Å². The molecule has 1 unspecified atom stereocenters. The van der Waals surface area contributed by atoms with Crippen LogP contribution in [0.3, 0.4) is 0 Å². The maximum atomic E-state index is 5.93. The predicted octanol–water partition coefficient (Wildman–Crippen LogP) is 4.25. The molecule has 1 atom stereocenters. The number of hydrogen-bond donors (Lipinski definition) is 1. The Balaban J connectivity index is 2.40. The van der Waals surface area contributed by atoms with Gasteiger partial charge in [0.2, 0.25) is 0 Å². The fourth-order valence-corrected chi connectivity index (χ4v) is 3.45. The molecule has 0 aliphatic rings. The highest BCUT2D eigenvalue weighted by Gasteiger charge is 2.21. The van der Waals surface area contributed by atoms with Crippen LogP contribution in [0.5, 0.6) is 5.75 Å². The van der Waals surface area contributed by atoms with Crippen molar-refractivity contribution in [1.82, 2.24) is 10.3 Å². The summed E-state index contributed by atoms with van der Waals surface area (Å²) in [6.45, 7) is 10.1. The minimum Gasteiger partial charge on any atom is -0.493 e. The average Bonchev–Trinajstić information content (AvgIpc) is 2.81.